The minimum absolute atomic E-state index is 0.280. The van der Waals surface area contributed by atoms with E-state index in [0.717, 1.165) is 6.07 Å². The summed E-state index contributed by atoms with van der Waals surface area (Å²) < 4.78 is 49.0. The summed E-state index contributed by atoms with van der Waals surface area (Å²) in [6.07, 6.45) is -2.84. The molecule has 5 nitrogen and oxygen atoms in total. The lowest BCUT2D eigenvalue weighted by atomic mass is 10.3. The Balaban J connectivity index is 3.08. The number of rotatable bonds is 6. The molecular weight excluding hydrogens is 268 g/mol. The molecule has 18 heavy (non-hydrogen) atoms. The Morgan fingerprint density at radius 2 is 2.00 bits per heavy atom. The third-order valence-electron chi connectivity index (χ3n) is 2.15. The maximum atomic E-state index is 12.3. The van der Waals surface area contributed by atoms with Gasteiger partial charge in [-0.15, -0.1) is 0 Å². The van der Waals surface area contributed by atoms with Crippen molar-refractivity contribution >= 4 is 10.0 Å². The molecule has 0 saturated carbocycles. The van der Waals surface area contributed by atoms with Crippen molar-refractivity contribution < 1.29 is 27.4 Å². The molecule has 0 radical (unpaired) electrons. The molecule has 8 heteroatoms. The third kappa shape index (κ3) is 3.62. The summed E-state index contributed by atoms with van der Waals surface area (Å²) in [5.41, 5.74) is 0. The largest absolute Gasteiger partial charge is 0.508 e. The molecule has 0 heterocycles. The lowest BCUT2D eigenvalue weighted by Crippen LogP contribution is -2.37. The SMILES string of the molecule is O=S(=O)(c1cccc(O)c1)N(CCO)CC(F)F. The number of aliphatic hydroxyl groups is 1. The topological polar surface area (TPSA) is 77.8 Å². The number of halogens is 2. The molecule has 0 aliphatic heterocycles. The maximum Gasteiger partial charge on any atom is 0.252 e. The minimum atomic E-state index is -4.15. The van der Waals surface area contributed by atoms with Crippen LogP contribution in [0, 0.1) is 0 Å². The van der Waals surface area contributed by atoms with Gasteiger partial charge in [0, 0.05) is 6.54 Å². The van der Waals surface area contributed by atoms with Crippen LogP contribution in [0.3, 0.4) is 0 Å². The van der Waals surface area contributed by atoms with Crippen LogP contribution < -0.4 is 0 Å². The second-order valence-corrected chi connectivity index (χ2v) is 5.41. The number of nitrogens with zero attached hydrogens (tertiary/aromatic N) is 1. The molecule has 0 aliphatic carbocycles. The number of phenols is 1. The lowest BCUT2D eigenvalue weighted by molar-refractivity contribution is 0.113. The minimum Gasteiger partial charge on any atom is -0.508 e. The van der Waals surface area contributed by atoms with E-state index < -0.39 is 36.1 Å². The number of aliphatic hydroxyl groups excluding tert-OH is 1. The quantitative estimate of drug-likeness (QED) is 0.802. The molecule has 0 amide bonds. The fourth-order valence-corrected chi connectivity index (χ4v) is 2.82. The monoisotopic (exact) mass is 281 g/mol. The smallest absolute Gasteiger partial charge is 0.252 e. The molecule has 1 rings (SSSR count). The Labute approximate surface area is 103 Å². The summed E-state index contributed by atoms with van der Waals surface area (Å²) >= 11 is 0. The summed E-state index contributed by atoms with van der Waals surface area (Å²) in [6, 6.07) is 4.71. The number of alkyl halides is 2. The molecular formula is C10H13F2NO4S. The van der Waals surface area contributed by atoms with Crippen molar-refractivity contribution in [2.75, 3.05) is 19.7 Å². The normalized spacial score (nSPS) is 12.3. The summed E-state index contributed by atoms with van der Waals surface area (Å²) in [5, 5.41) is 17.9. The van der Waals surface area contributed by atoms with Gasteiger partial charge in [-0.25, -0.2) is 17.2 Å². The van der Waals surface area contributed by atoms with Crippen molar-refractivity contribution in [3.63, 3.8) is 0 Å². The van der Waals surface area contributed by atoms with Gasteiger partial charge in [-0.1, -0.05) is 6.07 Å². The van der Waals surface area contributed by atoms with Crippen molar-refractivity contribution in [3.05, 3.63) is 24.3 Å². The number of phenolic OH excluding ortho intramolecular Hbond substituents is 1. The zero-order valence-electron chi connectivity index (χ0n) is 9.33. The zero-order chi connectivity index (χ0) is 13.8. The van der Waals surface area contributed by atoms with Crippen LogP contribution in [0.1, 0.15) is 0 Å². The van der Waals surface area contributed by atoms with Crippen LogP contribution in [-0.2, 0) is 10.0 Å². The number of aromatic hydroxyl groups is 1. The van der Waals surface area contributed by atoms with E-state index in [1.807, 2.05) is 0 Å². The summed E-state index contributed by atoms with van der Waals surface area (Å²) in [6.45, 7) is -1.99. The Morgan fingerprint density at radius 1 is 1.33 bits per heavy atom. The summed E-state index contributed by atoms with van der Waals surface area (Å²) in [7, 11) is -4.15. The molecule has 0 aliphatic rings. The molecule has 0 spiro atoms. The van der Waals surface area contributed by atoms with Gasteiger partial charge in [0.1, 0.15) is 5.75 Å². The van der Waals surface area contributed by atoms with E-state index in [2.05, 4.69) is 0 Å². The van der Waals surface area contributed by atoms with Crippen molar-refractivity contribution in [1.82, 2.24) is 4.31 Å². The molecule has 2 N–H and O–H groups in total. The van der Waals surface area contributed by atoms with E-state index in [0.29, 0.717) is 4.31 Å². The zero-order valence-corrected chi connectivity index (χ0v) is 10.1. The first-order chi connectivity index (χ1) is 8.37. The summed E-state index contributed by atoms with van der Waals surface area (Å²) in [4.78, 5) is -0.295. The van der Waals surface area contributed by atoms with Gasteiger partial charge in [0.15, 0.2) is 0 Å². The highest BCUT2D eigenvalue weighted by atomic mass is 32.2. The molecule has 0 fully saturated rings. The van der Waals surface area contributed by atoms with E-state index in [9.17, 15) is 22.3 Å². The van der Waals surface area contributed by atoms with Gasteiger partial charge in [-0.2, -0.15) is 4.31 Å². The fraction of sp³-hybridized carbons (Fsp3) is 0.400. The van der Waals surface area contributed by atoms with Gasteiger partial charge in [0.05, 0.1) is 18.0 Å². The molecule has 102 valence electrons. The summed E-state index contributed by atoms with van der Waals surface area (Å²) in [5.74, 6) is -0.280. The first-order valence-corrected chi connectivity index (χ1v) is 6.50. The first kappa shape index (κ1) is 14.8. The van der Waals surface area contributed by atoms with Crippen LogP contribution in [0.5, 0.6) is 5.75 Å². The Kier molecular flexibility index (Phi) is 5.00. The van der Waals surface area contributed by atoms with Crippen LogP contribution in [0.25, 0.3) is 0 Å². The number of sulfonamides is 1. The van der Waals surface area contributed by atoms with Crippen molar-refractivity contribution in [1.29, 1.82) is 0 Å². The third-order valence-corrected chi connectivity index (χ3v) is 4.01. The average Bonchev–Trinajstić information content (AvgIpc) is 2.28. The van der Waals surface area contributed by atoms with E-state index in [1.165, 1.54) is 18.2 Å². The van der Waals surface area contributed by atoms with Crippen molar-refractivity contribution in [2.24, 2.45) is 0 Å². The first-order valence-electron chi connectivity index (χ1n) is 5.06. The molecule has 0 saturated heterocycles. The Bertz CT molecular complexity index is 492. The Morgan fingerprint density at radius 3 is 2.50 bits per heavy atom. The van der Waals surface area contributed by atoms with Gasteiger partial charge in [-0.3, -0.25) is 0 Å². The van der Waals surface area contributed by atoms with E-state index >= 15 is 0 Å². The number of hydrogen-bond donors (Lipinski definition) is 2. The highest BCUT2D eigenvalue weighted by Gasteiger charge is 2.26. The van der Waals surface area contributed by atoms with Crippen molar-refractivity contribution in [3.8, 4) is 5.75 Å². The van der Waals surface area contributed by atoms with E-state index in [1.54, 1.807) is 0 Å². The molecule has 1 aromatic carbocycles. The highest BCUT2D eigenvalue weighted by molar-refractivity contribution is 7.89. The fourth-order valence-electron chi connectivity index (χ4n) is 1.37. The standard InChI is InChI=1S/C10H13F2NO4S/c11-10(12)7-13(4-5-14)18(16,17)9-3-1-2-8(15)6-9/h1-3,6,10,14-15H,4-5,7H2. The van der Waals surface area contributed by atoms with Gasteiger partial charge in [0.25, 0.3) is 6.43 Å². The maximum absolute atomic E-state index is 12.3. The average molecular weight is 281 g/mol. The van der Waals surface area contributed by atoms with Gasteiger partial charge < -0.3 is 10.2 Å². The number of hydrogen-bond acceptors (Lipinski definition) is 4. The van der Waals surface area contributed by atoms with Crippen LogP contribution >= 0.6 is 0 Å². The molecule has 0 bridgehead atoms. The molecule has 0 atom stereocenters. The van der Waals surface area contributed by atoms with E-state index in [-0.39, 0.29) is 10.6 Å². The van der Waals surface area contributed by atoms with E-state index in [4.69, 9.17) is 5.11 Å². The molecule has 1 aromatic rings. The van der Waals surface area contributed by atoms with Crippen LogP contribution in [-0.4, -0.2) is 49.1 Å². The lowest BCUT2D eigenvalue weighted by Gasteiger charge is -2.20. The Hall–Kier alpha value is -1.25. The predicted molar refractivity (Wildman–Crippen MR) is 60.0 cm³/mol. The molecule has 0 aromatic heterocycles. The predicted octanol–water partition coefficient (Wildman–Crippen LogP) is 0.640. The van der Waals surface area contributed by atoms with Crippen LogP contribution in [0.2, 0.25) is 0 Å². The van der Waals surface area contributed by atoms with Crippen LogP contribution in [0.15, 0.2) is 29.2 Å². The van der Waals surface area contributed by atoms with Crippen LogP contribution in [0.4, 0.5) is 8.78 Å². The highest BCUT2D eigenvalue weighted by Crippen LogP contribution is 2.20. The second-order valence-electron chi connectivity index (χ2n) is 3.48. The molecule has 0 unspecified atom stereocenters. The van der Waals surface area contributed by atoms with Crippen molar-refractivity contribution in [2.45, 2.75) is 11.3 Å². The second kappa shape index (κ2) is 6.07. The number of benzene rings is 1. The van der Waals surface area contributed by atoms with Gasteiger partial charge in [0.2, 0.25) is 10.0 Å². The van der Waals surface area contributed by atoms with Gasteiger partial charge >= 0.3 is 0 Å². The van der Waals surface area contributed by atoms with Gasteiger partial charge in [-0.05, 0) is 18.2 Å².